The van der Waals surface area contributed by atoms with Crippen LogP contribution in [0.15, 0.2) is 29.2 Å². The van der Waals surface area contributed by atoms with Crippen molar-refractivity contribution in [3.8, 4) is 6.07 Å². The van der Waals surface area contributed by atoms with E-state index in [0.717, 1.165) is 4.31 Å². The number of hydrogen-bond donors (Lipinski definition) is 1. The lowest BCUT2D eigenvalue weighted by Gasteiger charge is -2.24. The number of halogens is 1. The second kappa shape index (κ2) is 6.70. The van der Waals surface area contributed by atoms with E-state index in [1.165, 1.54) is 31.2 Å². The number of rotatable bonds is 6. The molecule has 1 N–H and O–H groups in total. The Balaban J connectivity index is 3.20. The summed E-state index contributed by atoms with van der Waals surface area (Å²) in [5.41, 5.74) is 0. The molecule has 1 rings (SSSR count). The van der Waals surface area contributed by atoms with Gasteiger partial charge in [0, 0.05) is 18.0 Å². The first-order valence-electron chi connectivity index (χ1n) is 5.68. The van der Waals surface area contributed by atoms with Crippen molar-refractivity contribution in [1.29, 1.82) is 5.26 Å². The van der Waals surface area contributed by atoms with E-state index in [9.17, 15) is 13.2 Å². The van der Waals surface area contributed by atoms with Crippen LogP contribution in [-0.2, 0) is 14.8 Å². The Labute approximate surface area is 122 Å². The molecule has 8 heteroatoms. The Morgan fingerprint density at radius 1 is 1.45 bits per heavy atom. The average Bonchev–Trinajstić information content (AvgIpc) is 2.39. The van der Waals surface area contributed by atoms with E-state index in [4.69, 9.17) is 22.0 Å². The summed E-state index contributed by atoms with van der Waals surface area (Å²) in [6.07, 6.45) is -0.0928. The molecule has 0 saturated carbocycles. The molecule has 0 aliphatic heterocycles. The van der Waals surface area contributed by atoms with Crippen LogP contribution in [0.2, 0.25) is 5.02 Å². The Hall–Kier alpha value is -1.62. The van der Waals surface area contributed by atoms with Gasteiger partial charge in [-0.3, -0.25) is 4.79 Å². The first-order chi connectivity index (χ1) is 9.30. The van der Waals surface area contributed by atoms with Gasteiger partial charge in [0.05, 0.1) is 11.0 Å². The number of carboxylic acid groups (broad SMARTS) is 1. The van der Waals surface area contributed by atoms with E-state index in [-0.39, 0.29) is 17.9 Å². The fraction of sp³-hybridized carbons (Fsp3) is 0.333. The van der Waals surface area contributed by atoms with Crippen molar-refractivity contribution < 1.29 is 18.3 Å². The number of carboxylic acids is 1. The zero-order valence-electron chi connectivity index (χ0n) is 10.7. The predicted molar refractivity (Wildman–Crippen MR) is 72.7 cm³/mol. The summed E-state index contributed by atoms with van der Waals surface area (Å²) in [6, 6.07) is 5.95. The molecule has 0 saturated heterocycles. The quantitative estimate of drug-likeness (QED) is 0.861. The smallest absolute Gasteiger partial charge is 0.321 e. The highest BCUT2D eigenvalue weighted by Gasteiger charge is 2.32. The summed E-state index contributed by atoms with van der Waals surface area (Å²) >= 11 is 5.69. The molecule has 0 aliphatic rings. The molecule has 1 aromatic carbocycles. The lowest BCUT2D eigenvalue weighted by atomic mass is 10.3. The van der Waals surface area contributed by atoms with Crippen molar-refractivity contribution in [3.05, 3.63) is 29.3 Å². The normalized spacial score (nSPS) is 12.9. The highest BCUT2D eigenvalue weighted by atomic mass is 35.5. The molecule has 6 nitrogen and oxygen atoms in total. The second-order valence-electron chi connectivity index (χ2n) is 3.99. The Morgan fingerprint density at radius 3 is 2.45 bits per heavy atom. The monoisotopic (exact) mass is 316 g/mol. The third-order valence-electron chi connectivity index (χ3n) is 2.65. The van der Waals surface area contributed by atoms with Gasteiger partial charge in [-0.15, -0.1) is 0 Å². The van der Waals surface area contributed by atoms with Crippen molar-refractivity contribution >= 4 is 27.6 Å². The van der Waals surface area contributed by atoms with Crippen molar-refractivity contribution in [3.63, 3.8) is 0 Å². The molecular weight excluding hydrogens is 304 g/mol. The summed E-state index contributed by atoms with van der Waals surface area (Å²) in [6.45, 7) is 1.07. The molecule has 0 spiro atoms. The van der Waals surface area contributed by atoms with Crippen LogP contribution in [0.5, 0.6) is 0 Å². The van der Waals surface area contributed by atoms with Crippen LogP contribution >= 0.6 is 11.6 Å². The third-order valence-corrected chi connectivity index (χ3v) is 4.89. The van der Waals surface area contributed by atoms with Crippen LogP contribution in [-0.4, -0.2) is 36.4 Å². The van der Waals surface area contributed by atoms with Gasteiger partial charge in [-0.05, 0) is 31.2 Å². The molecule has 1 unspecified atom stereocenters. The fourth-order valence-electron chi connectivity index (χ4n) is 1.55. The van der Waals surface area contributed by atoms with E-state index in [1.807, 2.05) is 0 Å². The largest absolute Gasteiger partial charge is 0.480 e. The predicted octanol–water partition coefficient (Wildman–Crippen LogP) is 1.72. The molecule has 0 heterocycles. The lowest BCUT2D eigenvalue weighted by Crippen LogP contribution is -2.43. The summed E-state index contributed by atoms with van der Waals surface area (Å²) in [5.74, 6) is -1.28. The van der Waals surface area contributed by atoms with Crippen LogP contribution in [0.4, 0.5) is 0 Å². The molecule has 20 heavy (non-hydrogen) atoms. The van der Waals surface area contributed by atoms with Crippen molar-refractivity contribution in [1.82, 2.24) is 4.31 Å². The summed E-state index contributed by atoms with van der Waals surface area (Å²) < 4.78 is 25.6. The SMILES string of the molecule is CC(C(=O)O)N(CCC#N)S(=O)(=O)c1ccc(Cl)cc1. The van der Waals surface area contributed by atoms with Crippen molar-refractivity contribution in [2.75, 3.05) is 6.54 Å². The van der Waals surface area contributed by atoms with Crippen LogP contribution in [0.25, 0.3) is 0 Å². The fourth-order valence-corrected chi connectivity index (χ4v) is 3.26. The van der Waals surface area contributed by atoms with E-state index < -0.39 is 22.0 Å². The van der Waals surface area contributed by atoms with Crippen LogP contribution in [0, 0.1) is 11.3 Å². The highest BCUT2D eigenvalue weighted by Crippen LogP contribution is 2.20. The van der Waals surface area contributed by atoms with Gasteiger partial charge >= 0.3 is 5.97 Å². The van der Waals surface area contributed by atoms with Gasteiger partial charge in [0.1, 0.15) is 6.04 Å². The number of carbonyl (C=O) groups is 1. The van der Waals surface area contributed by atoms with Crippen molar-refractivity contribution in [2.45, 2.75) is 24.3 Å². The van der Waals surface area contributed by atoms with Crippen LogP contribution in [0.1, 0.15) is 13.3 Å². The third kappa shape index (κ3) is 3.70. The lowest BCUT2D eigenvalue weighted by molar-refractivity contribution is -0.140. The van der Waals surface area contributed by atoms with Gasteiger partial charge in [-0.25, -0.2) is 8.42 Å². The topological polar surface area (TPSA) is 98.5 Å². The van der Waals surface area contributed by atoms with Gasteiger partial charge in [-0.1, -0.05) is 11.6 Å². The minimum Gasteiger partial charge on any atom is -0.480 e. The Morgan fingerprint density at radius 2 is 2.00 bits per heavy atom. The molecule has 1 atom stereocenters. The number of nitrogens with zero attached hydrogens (tertiary/aromatic N) is 2. The standard InChI is InChI=1S/C12H13ClN2O4S/c1-9(12(16)17)15(8-2-7-14)20(18,19)11-5-3-10(13)4-6-11/h3-6,9H,2,8H2,1H3,(H,16,17). The highest BCUT2D eigenvalue weighted by molar-refractivity contribution is 7.89. The molecule has 0 fully saturated rings. The van der Waals surface area contributed by atoms with Gasteiger partial charge in [-0.2, -0.15) is 9.57 Å². The van der Waals surface area contributed by atoms with Gasteiger partial charge in [0.2, 0.25) is 10.0 Å². The molecule has 0 radical (unpaired) electrons. The first-order valence-corrected chi connectivity index (χ1v) is 7.49. The number of benzene rings is 1. The van der Waals surface area contributed by atoms with E-state index in [0.29, 0.717) is 5.02 Å². The van der Waals surface area contributed by atoms with Crippen molar-refractivity contribution in [2.24, 2.45) is 0 Å². The number of aliphatic carboxylic acids is 1. The number of nitriles is 1. The van der Waals surface area contributed by atoms with E-state index >= 15 is 0 Å². The Kier molecular flexibility index (Phi) is 5.51. The Bertz CT molecular complexity index is 622. The number of sulfonamides is 1. The van der Waals surface area contributed by atoms with Gasteiger partial charge < -0.3 is 5.11 Å². The molecule has 108 valence electrons. The molecule has 1 aromatic rings. The molecule has 0 amide bonds. The number of hydrogen-bond acceptors (Lipinski definition) is 4. The summed E-state index contributed by atoms with van der Waals surface area (Å²) in [5, 5.41) is 17.9. The molecular formula is C12H13ClN2O4S. The van der Waals surface area contributed by atoms with Crippen LogP contribution < -0.4 is 0 Å². The maximum Gasteiger partial charge on any atom is 0.321 e. The van der Waals surface area contributed by atoms with E-state index in [1.54, 1.807) is 6.07 Å². The minimum atomic E-state index is -3.99. The van der Waals surface area contributed by atoms with Gasteiger partial charge in [0.25, 0.3) is 0 Å². The summed E-state index contributed by atoms with van der Waals surface area (Å²) in [4.78, 5) is 11.0. The maximum absolute atomic E-state index is 12.4. The minimum absolute atomic E-state index is 0.0621. The van der Waals surface area contributed by atoms with E-state index in [2.05, 4.69) is 0 Å². The summed E-state index contributed by atoms with van der Waals surface area (Å²) in [7, 11) is -3.99. The zero-order chi connectivity index (χ0) is 15.3. The molecule has 0 aliphatic carbocycles. The van der Waals surface area contributed by atoms with Gasteiger partial charge in [0.15, 0.2) is 0 Å². The second-order valence-corrected chi connectivity index (χ2v) is 6.32. The maximum atomic E-state index is 12.4. The average molecular weight is 317 g/mol. The molecule has 0 bridgehead atoms. The van der Waals surface area contributed by atoms with Crippen LogP contribution in [0.3, 0.4) is 0 Å². The molecule has 0 aromatic heterocycles. The zero-order valence-corrected chi connectivity index (χ0v) is 12.2. The first kappa shape index (κ1) is 16.4.